The number of carbonyl (C=O) groups is 1. The lowest BCUT2D eigenvalue weighted by atomic mass is 9.96. The van der Waals surface area contributed by atoms with Crippen LogP contribution < -0.4 is 9.64 Å². The van der Waals surface area contributed by atoms with Crippen LogP contribution in [0.3, 0.4) is 0 Å². The summed E-state index contributed by atoms with van der Waals surface area (Å²) in [6.45, 7) is 11.1. The third-order valence-electron chi connectivity index (χ3n) is 4.57. The van der Waals surface area contributed by atoms with Crippen molar-refractivity contribution >= 4 is 11.6 Å². The quantitative estimate of drug-likeness (QED) is 0.832. The van der Waals surface area contributed by atoms with Crippen molar-refractivity contribution in [3.63, 3.8) is 0 Å². The summed E-state index contributed by atoms with van der Waals surface area (Å²) in [5, 5.41) is 0. The average Bonchev–Trinajstić information content (AvgIpc) is 2.51. The monoisotopic (exact) mass is 318 g/mol. The third kappa shape index (κ3) is 4.18. The smallest absolute Gasteiger partial charge is 0.222 e. The van der Waals surface area contributed by atoms with Crippen molar-refractivity contribution < 1.29 is 9.53 Å². The summed E-state index contributed by atoms with van der Waals surface area (Å²) in [6.07, 6.45) is 1.62. The molecule has 1 aliphatic rings. The predicted octanol–water partition coefficient (Wildman–Crippen LogP) is 3.56. The molecule has 0 atom stereocenters. The maximum absolute atomic E-state index is 12.4. The van der Waals surface area contributed by atoms with Gasteiger partial charge in [0.15, 0.2) is 0 Å². The molecular formula is C19H30N2O2. The van der Waals surface area contributed by atoms with Gasteiger partial charge in [0, 0.05) is 26.1 Å². The molecule has 1 amide bonds. The molecule has 0 aliphatic carbocycles. The standard InChI is InChI=1S/C19H30N2O2/c1-15(2)10-11-18(22)20-12-13-21(19(3,4)14-20)16-8-6-7-9-17(16)23-5/h6-9,15H,10-14H2,1-5H3. The van der Waals surface area contributed by atoms with Gasteiger partial charge in [-0.25, -0.2) is 0 Å². The van der Waals surface area contributed by atoms with Crippen LogP contribution in [0.4, 0.5) is 5.69 Å². The van der Waals surface area contributed by atoms with Crippen molar-refractivity contribution in [2.45, 2.75) is 46.1 Å². The summed E-state index contributed by atoms with van der Waals surface area (Å²) in [5.41, 5.74) is 0.995. The Bertz CT molecular complexity index is 540. The number of rotatable bonds is 5. The van der Waals surface area contributed by atoms with E-state index in [0.29, 0.717) is 12.3 Å². The van der Waals surface area contributed by atoms with Gasteiger partial charge in [0.2, 0.25) is 5.91 Å². The number of piperazine rings is 1. The van der Waals surface area contributed by atoms with Crippen molar-refractivity contribution in [3.05, 3.63) is 24.3 Å². The summed E-state index contributed by atoms with van der Waals surface area (Å²) in [7, 11) is 1.71. The first kappa shape index (κ1) is 17.6. The molecule has 1 saturated heterocycles. The largest absolute Gasteiger partial charge is 0.495 e. The highest BCUT2D eigenvalue weighted by atomic mass is 16.5. The number of para-hydroxylation sites is 2. The number of anilines is 1. The lowest BCUT2D eigenvalue weighted by molar-refractivity contribution is -0.133. The number of methoxy groups -OCH3 is 1. The SMILES string of the molecule is COc1ccccc1N1CCN(C(=O)CCC(C)C)CC1(C)C. The lowest BCUT2D eigenvalue weighted by Crippen LogP contribution is -2.60. The highest BCUT2D eigenvalue weighted by Crippen LogP contribution is 2.34. The number of benzene rings is 1. The van der Waals surface area contributed by atoms with Gasteiger partial charge in [0.05, 0.1) is 18.3 Å². The van der Waals surface area contributed by atoms with E-state index in [1.54, 1.807) is 7.11 Å². The van der Waals surface area contributed by atoms with Crippen molar-refractivity contribution in [1.29, 1.82) is 0 Å². The topological polar surface area (TPSA) is 32.8 Å². The number of carbonyl (C=O) groups excluding carboxylic acids is 1. The van der Waals surface area contributed by atoms with Gasteiger partial charge in [-0.1, -0.05) is 26.0 Å². The molecule has 4 nitrogen and oxygen atoms in total. The first-order valence-corrected chi connectivity index (χ1v) is 8.53. The molecule has 2 rings (SSSR count). The second-order valence-corrected chi connectivity index (χ2v) is 7.38. The summed E-state index contributed by atoms with van der Waals surface area (Å²) >= 11 is 0. The fourth-order valence-electron chi connectivity index (χ4n) is 3.24. The second-order valence-electron chi connectivity index (χ2n) is 7.38. The van der Waals surface area contributed by atoms with Crippen molar-refractivity contribution in [2.24, 2.45) is 5.92 Å². The van der Waals surface area contributed by atoms with E-state index in [9.17, 15) is 4.79 Å². The molecule has 0 N–H and O–H groups in total. The Balaban J connectivity index is 2.10. The van der Waals surface area contributed by atoms with Crippen LogP contribution in [0.25, 0.3) is 0 Å². The highest BCUT2D eigenvalue weighted by molar-refractivity contribution is 5.77. The Morgan fingerprint density at radius 1 is 1.26 bits per heavy atom. The van der Waals surface area contributed by atoms with Crippen LogP contribution in [0, 0.1) is 5.92 Å². The fraction of sp³-hybridized carbons (Fsp3) is 0.632. The third-order valence-corrected chi connectivity index (χ3v) is 4.57. The van der Waals surface area contributed by atoms with Crippen LogP contribution in [-0.4, -0.2) is 43.1 Å². The molecule has 0 aromatic heterocycles. The van der Waals surface area contributed by atoms with Crippen molar-refractivity contribution in [3.8, 4) is 5.75 Å². The number of nitrogens with zero attached hydrogens (tertiary/aromatic N) is 2. The Hall–Kier alpha value is -1.71. The van der Waals surface area contributed by atoms with Crippen LogP contribution >= 0.6 is 0 Å². The van der Waals surface area contributed by atoms with E-state index in [1.807, 2.05) is 23.1 Å². The molecule has 1 aromatic carbocycles. The Morgan fingerprint density at radius 3 is 2.57 bits per heavy atom. The molecule has 1 heterocycles. The minimum atomic E-state index is -0.111. The molecule has 0 radical (unpaired) electrons. The molecule has 0 spiro atoms. The van der Waals surface area contributed by atoms with Gasteiger partial charge in [0.25, 0.3) is 0 Å². The van der Waals surface area contributed by atoms with Gasteiger partial charge >= 0.3 is 0 Å². The van der Waals surface area contributed by atoms with E-state index in [4.69, 9.17) is 4.74 Å². The summed E-state index contributed by atoms with van der Waals surface area (Å²) in [4.78, 5) is 16.8. The number of amides is 1. The van der Waals surface area contributed by atoms with E-state index in [1.165, 1.54) is 0 Å². The Labute approximate surface area is 140 Å². The maximum atomic E-state index is 12.4. The lowest BCUT2D eigenvalue weighted by Gasteiger charge is -2.48. The van der Waals surface area contributed by atoms with E-state index in [0.717, 1.165) is 37.5 Å². The van der Waals surface area contributed by atoms with E-state index in [-0.39, 0.29) is 11.4 Å². The van der Waals surface area contributed by atoms with Crippen molar-refractivity contribution in [2.75, 3.05) is 31.6 Å². The zero-order valence-corrected chi connectivity index (χ0v) is 15.1. The van der Waals surface area contributed by atoms with Crippen LogP contribution in [0.2, 0.25) is 0 Å². The van der Waals surface area contributed by atoms with Gasteiger partial charge in [-0.2, -0.15) is 0 Å². The normalized spacial score (nSPS) is 17.5. The molecule has 23 heavy (non-hydrogen) atoms. The zero-order valence-electron chi connectivity index (χ0n) is 15.1. The molecule has 0 unspecified atom stereocenters. The van der Waals surface area contributed by atoms with Gasteiger partial charge in [-0.05, 0) is 38.3 Å². The molecule has 1 aromatic rings. The second kappa shape index (κ2) is 7.24. The molecule has 128 valence electrons. The van der Waals surface area contributed by atoms with Crippen molar-refractivity contribution in [1.82, 2.24) is 4.90 Å². The Kier molecular flexibility index (Phi) is 5.55. The zero-order chi connectivity index (χ0) is 17.0. The van der Waals surface area contributed by atoms with Gasteiger partial charge in [-0.3, -0.25) is 4.79 Å². The molecule has 1 fully saturated rings. The van der Waals surface area contributed by atoms with Gasteiger partial charge < -0.3 is 14.5 Å². The maximum Gasteiger partial charge on any atom is 0.222 e. The first-order chi connectivity index (χ1) is 10.8. The van der Waals surface area contributed by atoms with Crippen LogP contribution in [0.15, 0.2) is 24.3 Å². The van der Waals surface area contributed by atoms with Gasteiger partial charge in [-0.15, -0.1) is 0 Å². The fourth-order valence-corrected chi connectivity index (χ4v) is 3.24. The predicted molar refractivity (Wildman–Crippen MR) is 95.1 cm³/mol. The average molecular weight is 318 g/mol. The molecule has 1 aliphatic heterocycles. The minimum absolute atomic E-state index is 0.111. The molecule has 0 saturated carbocycles. The van der Waals surface area contributed by atoms with E-state index < -0.39 is 0 Å². The first-order valence-electron chi connectivity index (χ1n) is 8.53. The van der Waals surface area contributed by atoms with E-state index >= 15 is 0 Å². The van der Waals surface area contributed by atoms with Crippen LogP contribution in [-0.2, 0) is 4.79 Å². The van der Waals surface area contributed by atoms with Crippen LogP contribution in [0.5, 0.6) is 5.75 Å². The summed E-state index contributed by atoms with van der Waals surface area (Å²) in [6, 6.07) is 8.11. The number of hydrogen-bond donors (Lipinski definition) is 0. The van der Waals surface area contributed by atoms with Crippen LogP contribution in [0.1, 0.15) is 40.5 Å². The molecular weight excluding hydrogens is 288 g/mol. The highest BCUT2D eigenvalue weighted by Gasteiger charge is 2.36. The van der Waals surface area contributed by atoms with Gasteiger partial charge in [0.1, 0.15) is 5.75 Å². The minimum Gasteiger partial charge on any atom is -0.495 e. The number of hydrogen-bond acceptors (Lipinski definition) is 3. The number of ether oxygens (including phenoxy) is 1. The molecule has 4 heteroatoms. The van der Waals surface area contributed by atoms with E-state index in [2.05, 4.69) is 38.7 Å². The molecule has 0 bridgehead atoms. The summed E-state index contributed by atoms with van der Waals surface area (Å²) < 4.78 is 5.51. The Morgan fingerprint density at radius 2 is 1.96 bits per heavy atom. The summed E-state index contributed by atoms with van der Waals surface area (Å²) in [5.74, 6) is 1.74.